The van der Waals surface area contributed by atoms with Gasteiger partial charge >= 0.3 is 0 Å². The van der Waals surface area contributed by atoms with E-state index in [0.29, 0.717) is 23.9 Å². The van der Waals surface area contributed by atoms with Crippen molar-refractivity contribution in [3.63, 3.8) is 0 Å². The number of ether oxygens (including phenoxy) is 3. The molecule has 1 aromatic heterocycles. The molecule has 7 nitrogen and oxygen atoms in total. The van der Waals surface area contributed by atoms with Crippen molar-refractivity contribution in [1.29, 1.82) is 0 Å². The first-order chi connectivity index (χ1) is 17.0. The topological polar surface area (TPSA) is 68.3 Å². The predicted octanol–water partition coefficient (Wildman–Crippen LogP) is 5.25. The third-order valence-electron chi connectivity index (χ3n) is 6.13. The van der Waals surface area contributed by atoms with Crippen LogP contribution in [-0.2, 0) is 0 Å². The molecule has 1 aliphatic rings. The molecule has 0 radical (unpaired) electrons. The molecule has 35 heavy (non-hydrogen) atoms. The summed E-state index contributed by atoms with van der Waals surface area (Å²) in [5.41, 5.74) is 6.72. The van der Waals surface area contributed by atoms with Crippen LogP contribution < -0.4 is 19.0 Å². The van der Waals surface area contributed by atoms with E-state index in [1.165, 1.54) is 0 Å². The molecular weight excluding hydrogens is 442 g/mol. The van der Waals surface area contributed by atoms with Crippen molar-refractivity contribution < 1.29 is 19.0 Å². The van der Waals surface area contributed by atoms with Gasteiger partial charge in [-0.25, -0.2) is 0 Å². The zero-order valence-corrected chi connectivity index (χ0v) is 20.6. The van der Waals surface area contributed by atoms with Crippen LogP contribution in [0.5, 0.6) is 23.0 Å². The van der Waals surface area contributed by atoms with Gasteiger partial charge in [0.1, 0.15) is 18.1 Å². The molecule has 3 aromatic carbocycles. The van der Waals surface area contributed by atoms with E-state index in [1.807, 2.05) is 69.6 Å². The predicted molar refractivity (Wildman–Crippen MR) is 138 cm³/mol. The zero-order chi connectivity index (χ0) is 24.5. The standard InChI is InChI=1S/C28H29N3O4/c1-17-6-8-18(9-7-17)35-30-28-21-16-25(33-5)24(32-4)15-20(21)27-26(28)22-14-19(10-11-23(22)29-27)34-13-12-31(2)3/h6-11,14-16,29H,12-13H2,1-5H3/b30-28-. The highest BCUT2D eigenvalue weighted by Gasteiger charge is 2.32. The number of benzene rings is 3. The summed E-state index contributed by atoms with van der Waals surface area (Å²) in [6, 6.07) is 17.8. The SMILES string of the molecule is COc1cc2c(cc1OC)-c1[nH]c3ccc(OCCN(C)C)cc3c1/C2=N\Oc1ccc(C)cc1. The molecule has 0 fully saturated rings. The number of aryl methyl sites for hydroxylation is 1. The van der Waals surface area contributed by atoms with Gasteiger partial charge in [0.25, 0.3) is 0 Å². The monoisotopic (exact) mass is 471 g/mol. The summed E-state index contributed by atoms with van der Waals surface area (Å²) in [7, 11) is 7.33. The van der Waals surface area contributed by atoms with Crippen LogP contribution in [0.2, 0.25) is 0 Å². The van der Waals surface area contributed by atoms with Crippen molar-refractivity contribution in [2.45, 2.75) is 6.92 Å². The van der Waals surface area contributed by atoms with Crippen molar-refractivity contribution in [3.8, 4) is 34.3 Å². The molecule has 1 heterocycles. The number of likely N-dealkylation sites (N-methyl/N-ethyl adjacent to an activating group) is 1. The van der Waals surface area contributed by atoms with E-state index in [2.05, 4.69) is 21.1 Å². The van der Waals surface area contributed by atoms with E-state index in [0.717, 1.165) is 56.9 Å². The highest BCUT2D eigenvalue weighted by Crippen LogP contribution is 2.46. The first-order valence-corrected chi connectivity index (χ1v) is 11.5. The van der Waals surface area contributed by atoms with Gasteiger partial charge in [-0.1, -0.05) is 22.9 Å². The van der Waals surface area contributed by atoms with Gasteiger partial charge < -0.3 is 28.9 Å². The Balaban J connectivity index is 1.63. The third kappa shape index (κ3) is 4.31. The van der Waals surface area contributed by atoms with E-state index < -0.39 is 0 Å². The highest BCUT2D eigenvalue weighted by atomic mass is 16.6. The quantitative estimate of drug-likeness (QED) is 0.313. The lowest BCUT2D eigenvalue weighted by Crippen LogP contribution is -2.19. The van der Waals surface area contributed by atoms with Gasteiger partial charge in [0.2, 0.25) is 0 Å². The van der Waals surface area contributed by atoms with Crippen molar-refractivity contribution in [2.24, 2.45) is 5.16 Å². The van der Waals surface area contributed by atoms with Crippen LogP contribution in [0.25, 0.3) is 22.2 Å². The van der Waals surface area contributed by atoms with Gasteiger partial charge in [-0.15, -0.1) is 0 Å². The Bertz CT molecular complexity index is 1400. The van der Waals surface area contributed by atoms with E-state index in [1.54, 1.807) is 14.2 Å². The Labute approximate surface area is 204 Å². The van der Waals surface area contributed by atoms with Gasteiger partial charge in [0, 0.05) is 34.1 Å². The van der Waals surface area contributed by atoms with Gasteiger partial charge in [-0.2, -0.15) is 0 Å². The van der Waals surface area contributed by atoms with Crippen LogP contribution in [0, 0.1) is 6.92 Å². The summed E-state index contributed by atoms with van der Waals surface area (Å²) >= 11 is 0. The lowest BCUT2D eigenvalue weighted by atomic mass is 10.1. The molecule has 0 aliphatic heterocycles. The number of nitrogens with zero attached hydrogens (tertiary/aromatic N) is 2. The van der Waals surface area contributed by atoms with Crippen LogP contribution in [-0.4, -0.2) is 57.1 Å². The minimum atomic E-state index is 0.608. The smallest absolute Gasteiger partial charge is 0.161 e. The van der Waals surface area contributed by atoms with Gasteiger partial charge in [0.05, 0.1) is 19.9 Å². The maximum atomic E-state index is 6.01. The number of oxime groups is 1. The normalized spacial score (nSPS) is 13.3. The fourth-order valence-corrected chi connectivity index (χ4v) is 4.26. The second kappa shape index (κ2) is 9.35. The number of fused-ring (bicyclic) bond motifs is 5. The summed E-state index contributed by atoms with van der Waals surface area (Å²) in [6.07, 6.45) is 0. The van der Waals surface area contributed by atoms with E-state index in [9.17, 15) is 0 Å². The average molecular weight is 472 g/mol. The van der Waals surface area contributed by atoms with E-state index in [4.69, 9.17) is 19.0 Å². The molecule has 1 N–H and O–H groups in total. The maximum absolute atomic E-state index is 6.01. The summed E-state index contributed by atoms with van der Waals surface area (Å²) in [4.78, 5) is 11.5. The molecule has 1 aliphatic carbocycles. The Hall–Kier alpha value is -3.97. The van der Waals surface area contributed by atoms with E-state index in [-0.39, 0.29) is 0 Å². The molecule has 4 aromatic rings. The number of aromatic nitrogens is 1. The minimum absolute atomic E-state index is 0.608. The Kier molecular flexibility index (Phi) is 6.09. The van der Waals surface area contributed by atoms with Crippen LogP contribution in [0.15, 0.2) is 59.8 Å². The van der Waals surface area contributed by atoms with Crippen LogP contribution in [0.1, 0.15) is 16.7 Å². The Morgan fingerprint density at radius 1 is 0.857 bits per heavy atom. The molecule has 0 saturated heterocycles. The molecular formula is C28H29N3O4. The van der Waals surface area contributed by atoms with Crippen LogP contribution >= 0.6 is 0 Å². The summed E-state index contributed by atoms with van der Waals surface area (Å²) in [5.74, 6) is 2.78. The van der Waals surface area contributed by atoms with Crippen molar-refractivity contribution in [3.05, 3.63) is 71.3 Å². The molecule has 180 valence electrons. The minimum Gasteiger partial charge on any atom is -0.493 e. The number of hydrogen-bond donors (Lipinski definition) is 1. The lowest BCUT2D eigenvalue weighted by molar-refractivity contribution is 0.261. The average Bonchev–Trinajstić information content (AvgIpc) is 3.36. The molecule has 0 unspecified atom stereocenters. The Morgan fingerprint density at radius 2 is 1.54 bits per heavy atom. The van der Waals surface area contributed by atoms with Gasteiger partial charge in [0.15, 0.2) is 17.2 Å². The Morgan fingerprint density at radius 3 is 2.23 bits per heavy atom. The number of methoxy groups -OCH3 is 2. The van der Waals surface area contributed by atoms with Crippen LogP contribution in [0.4, 0.5) is 0 Å². The van der Waals surface area contributed by atoms with Gasteiger partial charge in [-0.05, 0) is 63.5 Å². The zero-order valence-electron chi connectivity index (χ0n) is 20.6. The number of aromatic amines is 1. The summed E-state index contributed by atoms with van der Waals surface area (Å²) in [6.45, 7) is 3.49. The summed E-state index contributed by atoms with van der Waals surface area (Å²) < 4.78 is 17.2. The fraction of sp³-hybridized carbons (Fsp3) is 0.250. The number of hydrogen-bond acceptors (Lipinski definition) is 6. The lowest BCUT2D eigenvalue weighted by Gasteiger charge is -2.12. The van der Waals surface area contributed by atoms with Crippen molar-refractivity contribution in [1.82, 2.24) is 9.88 Å². The molecule has 0 spiro atoms. The molecule has 0 atom stereocenters. The summed E-state index contributed by atoms with van der Waals surface area (Å²) in [5, 5.41) is 5.64. The van der Waals surface area contributed by atoms with Crippen molar-refractivity contribution >= 4 is 16.6 Å². The van der Waals surface area contributed by atoms with Gasteiger partial charge in [-0.3, -0.25) is 0 Å². The molecule has 5 rings (SSSR count). The first kappa shape index (κ1) is 22.8. The van der Waals surface area contributed by atoms with Crippen LogP contribution in [0.3, 0.4) is 0 Å². The second-order valence-corrected chi connectivity index (χ2v) is 8.83. The first-order valence-electron chi connectivity index (χ1n) is 11.5. The van der Waals surface area contributed by atoms with Crippen molar-refractivity contribution in [2.75, 3.05) is 41.5 Å². The second-order valence-electron chi connectivity index (χ2n) is 8.83. The molecule has 0 saturated carbocycles. The molecule has 0 bridgehead atoms. The number of nitrogens with one attached hydrogen (secondary N) is 1. The largest absolute Gasteiger partial charge is 0.493 e. The van der Waals surface area contributed by atoms with E-state index >= 15 is 0 Å². The molecule has 7 heteroatoms. The third-order valence-corrected chi connectivity index (χ3v) is 6.13. The fourth-order valence-electron chi connectivity index (χ4n) is 4.26. The number of rotatable bonds is 8. The maximum Gasteiger partial charge on any atom is 0.161 e. The molecule has 0 amide bonds. The number of H-pyrrole nitrogens is 1. The highest BCUT2D eigenvalue weighted by molar-refractivity contribution is 6.30.